The van der Waals surface area contributed by atoms with Crippen LogP contribution in [0.3, 0.4) is 0 Å². The summed E-state index contributed by atoms with van der Waals surface area (Å²) in [6.45, 7) is 0. The van der Waals surface area contributed by atoms with Gasteiger partial charge in [-0.15, -0.1) is 0 Å². The molecule has 1 fully saturated rings. The van der Waals surface area contributed by atoms with E-state index < -0.39 is 0 Å². The first kappa shape index (κ1) is 12.1. The number of anilines is 1. The number of aromatic nitrogens is 3. The van der Waals surface area contributed by atoms with Gasteiger partial charge in [0.15, 0.2) is 0 Å². The number of rotatable bonds is 3. The lowest BCUT2D eigenvalue weighted by molar-refractivity contribution is -0.117. The van der Waals surface area contributed by atoms with Gasteiger partial charge in [-0.05, 0) is 37.1 Å². The molecule has 4 rings (SSSR count). The Morgan fingerprint density at radius 2 is 2.10 bits per heavy atom. The van der Waals surface area contributed by atoms with E-state index >= 15 is 0 Å². The van der Waals surface area contributed by atoms with Gasteiger partial charge < -0.3 is 5.32 Å². The first-order valence-electron chi connectivity index (χ1n) is 7.02. The highest BCUT2D eigenvalue weighted by molar-refractivity contribution is 5.93. The van der Waals surface area contributed by atoms with Crippen molar-refractivity contribution in [2.45, 2.75) is 12.8 Å². The highest BCUT2D eigenvalue weighted by Gasteiger charge is 2.29. The van der Waals surface area contributed by atoms with E-state index in [0.29, 0.717) is 5.82 Å². The first-order valence-corrected chi connectivity index (χ1v) is 7.02. The molecule has 3 aromatic heterocycles. The summed E-state index contributed by atoms with van der Waals surface area (Å²) in [7, 11) is 0. The van der Waals surface area contributed by atoms with Gasteiger partial charge in [-0.25, -0.2) is 9.50 Å². The van der Waals surface area contributed by atoms with Crippen LogP contribution in [0.4, 0.5) is 5.82 Å². The Bertz CT molecular complexity index is 820. The van der Waals surface area contributed by atoms with Crippen molar-refractivity contribution in [3.63, 3.8) is 0 Å². The molecule has 0 aliphatic heterocycles. The van der Waals surface area contributed by atoms with Gasteiger partial charge in [0.2, 0.25) is 5.91 Å². The van der Waals surface area contributed by atoms with Crippen molar-refractivity contribution >= 4 is 17.2 Å². The summed E-state index contributed by atoms with van der Waals surface area (Å²) in [4.78, 5) is 16.3. The van der Waals surface area contributed by atoms with E-state index in [4.69, 9.17) is 0 Å². The van der Waals surface area contributed by atoms with Crippen molar-refractivity contribution in [3.05, 3.63) is 48.8 Å². The first-order chi connectivity index (χ1) is 10.3. The molecule has 3 heterocycles. The molecule has 1 N–H and O–H groups in total. The second kappa shape index (κ2) is 4.70. The second-order valence-corrected chi connectivity index (χ2v) is 5.26. The Kier molecular flexibility index (Phi) is 2.70. The molecule has 1 amide bonds. The lowest BCUT2D eigenvalue weighted by atomic mass is 10.2. The zero-order valence-corrected chi connectivity index (χ0v) is 11.4. The summed E-state index contributed by atoms with van der Waals surface area (Å²) in [6.07, 6.45) is 5.67. The Morgan fingerprint density at radius 3 is 2.95 bits per heavy atom. The molecule has 5 heteroatoms. The number of hydrogen-bond donors (Lipinski definition) is 1. The third-order valence-electron chi connectivity index (χ3n) is 3.65. The summed E-state index contributed by atoms with van der Waals surface area (Å²) in [5.41, 5.74) is 2.76. The second-order valence-electron chi connectivity index (χ2n) is 5.26. The Labute approximate surface area is 121 Å². The lowest BCUT2D eigenvalue weighted by Gasteiger charge is -2.05. The van der Waals surface area contributed by atoms with Crippen molar-refractivity contribution in [2.24, 2.45) is 5.92 Å². The van der Waals surface area contributed by atoms with E-state index in [1.54, 1.807) is 6.20 Å². The van der Waals surface area contributed by atoms with Crippen LogP contribution in [-0.2, 0) is 4.79 Å². The Hall–Kier alpha value is -2.69. The fourth-order valence-electron chi connectivity index (χ4n) is 2.36. The summed E-state index contributed by atoms with van der Waals surface area (Å²) in [6, 6.07) is 11.5. The van der Waals surface area contributed by atoms with Crippen LogP contribution < -0.4 is 5.32 Å². The average molecular weight is 278 g/mol. The van der Waals surface area contributed by atoms with Crippen LogP contribution >= 0.6 is 0 Å². The molecule has 21 heavy (non-hydrogen) atoms. The predicted molar refractivity (Wildman–Crippen MR) is 79.8 cm³/mol. The highest BCUT2D eigenvalue weighted by Crippen LogP contribution is 2.30. The Balaban J connectivity index is 1.70. The van der Waals surface area contributed by atoms with E-state index in [0.717, 1.165) is 29.6 Å². The summed E-state index contributed by atoms with van der Waals surface area (Å²) in [5, 5.41) is 7.19. The minimum absolute atomic E-state index is 0.0690. The van der Waals surface area contributed by atoms with Gasteiger partial charge in [-0.1, -0.05) is 12.1 Å². The average Bonchev–Trinajstić information content (AvgIpc) is 3.27. The standard InChI is InChI=1S/C16H14N4O/c21-16(11-7-8-11)19-15-6-3-4-13(18-15)12-10-17-20-9-2-1-5-14(12)20/h1-6,9-11H,7-8H2,(H,18,19,21). The van der Waals surface area contributed by atoms with Crippen molar-refractivity contribution in [1.82, 2.24) is 14.6 Å². The molecule has 1 aliphatic carbocycles. The molecule has 0 bridgehead atoms. The van der Waals surface area contributed by atoms with E-state index in [1.165, 1.54) is 0 Å². The number of fused-ring (bicyclic) bond motifs is 1. The van der Waals surface area contributed by atoms with Crippen molar-refractivity contribution in [3.8, 4) is 11.3 Å². The zero-order valence-electron chi connectivity index (χ0n) is 11.4. The van der Waals surface area contributed by atoms with Gasteiger partial charge >= 0.3 is 0 Å². The zero-order chi connectivity index (χ0) is 14.2. The third-order valence-corrected chi connectivity index (χ3v) is 3.65. The van der Waals surface area contributed by atoms with Crippen LogP contribution in [0, 0.1) is 5.92 Å². The largest absolute Gasteiger partial charge is 0.310 e. The van der Waals surface area contributed by atoms with Crippen LogP contribution in [0.5, 0.6) is 0 Å². The molecule has 1 aliphatic rings. The summed E-state index contributed by atoms with van der Waals surface area (Å²) >= 11 is 0. The number of nitrogens with zero attached hydrogens (tertiary/aromatic N) is 3. The molecular formula is C16H14N4O. The van der Waals surface area contributed by atoms with Gasteiger partial charge in [-0.2, -0.15) is 5.10 Å². The van der Waals surface area contributed by atoms with Crippen molar-refractivity contribution in [1.29, 1.82) is 0 Å². The van der Waals surface area contributed by atoms with E-state index in [-0.39, 0.29) is 11.8 Å². The molecule has 0 saturated heterocycles. The number of pyridine rings is 2. The number of nitrogens with one attached hydrogen (secondary N) is 1. The lowest BCUT2D eigenvalue weighted by Crippen LogP contribution is -2.14. The molecule has 0 unspecified atom stereocenters. The maximum absolute atomic E-state index is 11.8. The molecule has 0 atom stereocenters. The van der Waals surface area contributed by atoms with Crippen LogP contribution in [0.15, 0.2) is 48.8 Å². The predicted octanol–water partition coefficient (Wildman–Crippen LogP) is 2.74. The molecule has 0 spiro atoms. The Morgan fingerprint density at radius 1 is 1.19 bits per heavy atom. The van der Waals surface area contributed by atoms with Gasteiger partial charge in [0, 0.05) is 17.7 Å². The number of hydrogen-bond acceptors (Lipinski definition) is 3. The highest BCUT2D eigenvalue weighted by atomic mass is 16.2. The van der Waals surface area contributed by atoms with Gasteiger partial charge in [-0.3, -0.25) is 4.79 Å². The van der Waals surface area contributed by atoms with Crippen molar-refractivity contribution in [2.75, 3.05) is 5.32 Å². The SMILES string of the molecule is O=C(Nc1cccc(-c2cnn3ccccc23)n1)C1CC1. The maximum Gasteiger partial charge on any atom is 0.228 e. The van der Waals surface area contributed by atoms with Crippen LogP contribution in [0.1, 0.15) is 12.8 Å². The maximum atomic E-state index is 11.8. The van der Waals surface area contributed by atoms with E-state index in [2.05, 4.69) is 15.4 Å². The normalized spacial score (nSPS) is 14.3. The smallest absolute Gasteiger partial charge is 0.228 e. The van der Waals surface area contributed by atoms with E-state index in [9.17, 15) is 4.79 Å². The molecule has 104 valence electrons. The monoisotopic (exact) mass is 278 g/mol. The van der Waals surface area contributed by atoms with Crippen LogP contribution in [0.25, 0.3) is 16.8 Å². The number of carbonyl (C=O) groups is 1. The molecule has 3 aromatic rings. The van der Waals surface area contributed by atoms with Gasteiger partial charge in [0.05, 0.1) is 17.4 Å². The molecule has 5 nitrogen and oxygen atoms in total. The molecule has 1 saturated carbocycles. The van der Waals surface area contributed by atoms with Gasteiger partial charge in [0.25, 0.3) is 0 Å². The molecule has 0 aromatic carbocycles. The number of carbonyl (C=O) groups excluding carboxylic acids is 1. The fraction of sp³-hybridized carbons (Fsp3) is 0.188. The summed E-state index contributed by atoms with van der Waals surface area (Å²) < 4.78 is 1.81. The quantitative estimate of drug-likeness (QED) is 0.801. The minimum atomic E-state index is 0.0690. The fourth-order valence-corrected chi connectivity index (χ4v) is 2.36. The summed E-state index contributed by atoms with van der Waals surface area (Å²) in [5.74, 6) is 0.839. The minimum Gasteiger partial charge on any atom is -0.310 e. The molecular weight excluding hydrogens is 264 g/mol. The van der Waals surface area contributed by atoms with Crippen LogP contribution in [0.2, 0.25) is 0 Å². The topological polar surface area (TPSA) is 59.3 Å². The molecule has 0 radical (unpaired) electrons. The van der Waals surface area contributed by atoms with Crippen molar-refractivity contribution < 1.29 is 4.79 Å². The van der Waals surface area contributed by atoms with Gasteiger partial charge in [0.1, 0.15) is 5.82 Å². The van der Waals surface area contributed by atoms with E-state index in [1.807, 2.05) is 47.1 Å². The van der Waals surface area contributed by atoms with Crippen LogP contribution in [-0.4, -0.2) is 20.5 Å². The third kappa shape index (κ3) is 2.27. The number of amides is 1.